The summed E-state index contributed by atoms with van der Waals surface area (Å²) in [5, 5.41) is 15.4. The van der Waals surface area contributed by atoms with Crippen LogP contribution < -0.4 is 5.32 Å². The van der Waals surface area contributed by atoms with E-state index in [1.165, 1.54) is 17.4 Å². The van der Waals surface area contributed by atoms with Gasteiger partial charge in [-0.2, -0.15) is 0 Å². The number of hydrogen-bond acceptors (Lipinski definition) is 4. The number of nitrogens with zero attached hydrogens (tertiary/aromatic N) is 1. The van der Waals surface area contributed by atoms with E-state index < -0.39 is 10.7 Å². The van der Waals surface area contributed by atoms with Gasteiger partial charge in [-0.15, -0.1) is 11.3 Å². The molecule has 0 saturated heterocycles. The van der Waals surface area contributed by atoms with Crippen molar-refractivity contribution in [3.8, 4) is 0 Å². The summed E-state index contributed by atoms with van der Waals surface area (Å²) in [5.74, 6) is -0.529. The minimum absolute atomic E-state index is 0.101. The molecule has 0 aliphatic carbocycles. The predicted molar refractivity (Wildman–Crippen MR) is 74.4 cm³/mol. The Hall–Kier alpha value is -1.66. The van der Waals surface area contributed by atoms with E-state index in [0.29, 0.717) is 4.34 Å². The Morgan fingerprint density at radius 2 is 2.21 bits per heavy atom. The second-order valence-electron chi connectivity index (χ2n) is 3.97. The Morgan fingerprint density at radius 3 is 2.79 bits per heavy atom. The lowest BCUT2D eigenvalue weighted by atomic mass is 10.1. The van der Waals surface area contributed by atoms with Gasteiger partial charge in [-0.1, -0.05) is 11.6 Å². The summed E-state index contributed by atoms with van der Waals surface area (Å²) < 4.78 is 14.2. The third-order valence-electron chi connectivity index (χ3n) is 2.62. The van der Waals surface area contributed by atoms with Crippen molar-refractivity contribution in [2.45, 2.75) is 13.0 Å². The first kappa shape index (κ1) is 13.8. The van der Waals surface area contributed by atoms with Crippen molar-refractivity contribution in [3.63, 3.8) is 0 Å². The van der Waals surface area contributed by atoms with Crippen LogP contribution in [0.15, 0.2) is 29.6 Å². The van der Waals surface area contributed by atoms with Gasteiger partial charge in [0, 0.05) is 18.2 Å². The topological polar surface area (TPSA) is 55.2 Å². The normalized spacial score (nSPS) is 12.2. The molecule has 1 aromatic carbocycles. The molecule has 0 saturated carbocycles. The van der Waals surface area contributed by atoms with Crippen LogP contribution in [0.4, 0.5) is 15.8 Å². The molecule has 0 aliphatic heterocycles. The molecule has 4 nitrogen and oxygen atoms in total. The van der Waals surface area contributed by atoms with Crippen LogP contribution in [0.2, 0.25) is 4.34 Å². The molecule has 0 spiro atoms. The third-order valence-corrected chi connectivity index (χ3v) is 3.73. The first-order valence-electron chi connectivity index (χ1n) is 5.42. The van der Waals surface area contributed by atoms with Gasteiger partial charge in [0.15, 0.2) is 0 Å². The van der Waals surface area contributed by atoms with Gasteiger partial charge in [-0.3, -0.25) is 10.1 Å². The van der Waals surface area contributed by atoms with E-state index in [1.54, 1.807) is 6.07 Å². The monoisotopic (exact) mass is 300 g/mol. The fraction of sp³-hybridized carbons (Fsp3) is 0.167. The minimum atomic E-state index is -0.559. The molecule has 7 heteroatoms. The number of benzene rings is 1. The summed E-state index contributed by atoms with van der Waals surface area (Å²) in [7, 11) is 0. The van der Waals surface area contributed by atoms with Crippen LogP contribution >= 0.6 is 22.9 Å². The fourth-order valence-electron chi connectivity index (χ4n) is 1.60. The molecule has 2 aromatic rings. The molecule has 100 valence electrons. The van der Waals surface area contributed by atoms with Crippen molar-refractivity contribution in [1.82, 2.24) is 0 Å². The smallest absolute Gasteiger partial charge is 0.271 e. The summed E-state index contributed by atoms with van der Waals surface area (Å²) in [5.41, 5.74) is 0.851. The van der Waals surface area contributed by atoms with Gasteiger partial charge >= 0.3 is 0 Å². The van der Waals surface area contributed by atoms with Crippen molar-refractivity contribution in [1.29, 1.82) is 0 Å². The molecular weight excluding hydrogens is 291 g/mol. The van der Waals surface area contributed by atoms with Gasteiger partial charge in [0.25, 0.3) is 5.69 Å². The Bertz CT molecular complexity index is 618. The van der Waals surface area contributed by atoms with Gasteiger partial charge in [0.2, 0.25) is 0 Å². The molecule has 0 amide bonds. The van der Waals surface area contributed by atoms with Crippen LogP contribution in [0, 0.1) is 15.9 Å². The molecule has 19 heavy (non-hydrogen) atoms. The molecule has 0 radical (unpaired) electrons. The number of nitrogens with one attached hydrogen (secondary N) is 1. The molecule has 0 bridgehead atoms. The Kier molecular flexibility index (Phi) is 4.01. The zero-order chi connectivity index (χ0) is 14.0. The Labute approximate surface area is 118 Å². The van der Waals surface area contributed by atoms with Crippen LogP contribution in [-0.4, -0.2) is 4.92 Å². The molecule has 1 aromatic heterocycles. The zero-order valence-corrected chi connectivity index (χ0v) is 11.5. The number of nitro benzene ring substituents is 1. The van der Waals surface area contributed by atoms with Gasteiger partial charge in [0.1, 0.15) is 5.82 Å². The maximum Gasteiger partial charge on any atom is 0.271 e. The van der Waals surface area contributed by atoms with E-state index in [1.807, 2.05) is 12.3 Å². The molecule has 2 rings (SSSR count). The van der Waals surface area contributed by atoms with Gasteiger partial charge < -0.3 is 5.32 Å². The largest absolute Gasteiger partial charge is 0.376 e. The number of rotatable bonds is 4. The molecule has 1 atom stereocenters. The summed E-state index contributed by atoms with van der Waals surface area (Å²) in [6.07, 6.45) is 0. The fourth-order valence-corrected chi connectivity index (χ4v) is 2.59. The van der Waals surface area contributed by atoms with E-state index in [2.05, 4.69) is 5.32 Å². The highest BCUT2D eigenvalue weighted by Crippen LogP contribution is 2.29. The van der Waals surface area contributed by atoms with Crippen LogP contribution in [0.25, 0.3) is 0 Å². The first-order chi connectivity index (χ1) is 8.97. The van der Waals surface area contributed by atoms with E-state index in [-0.39, 0.29) is 17.4 Å². The van der Waals surface area contributed by atoms with E-state index in [0.717, 1.165) is 17.7 Å². The first-order valence-corrected chi connectivity index (χ1v) is 6.67. The highest BCUT2D eigenvalue weighted by Gasteiger charge is 2.14. The number of non-ortho nitro benzene ring substituents is 1. The summed E-state index contributed by atoms with van der Waals surface area (Å²) in [4.78, 5) is 10.1. The summed E-state index contributed by atoms with van der Waals surface area (Å²) in [6.45, 7) is 1.83. The summed E-state index contributed by atoms with van der Waals surface area (Å²) >= 11 is 7.21. The maximum atomic E-state index is 13.6. The van der Waals surface area contributed by atoms with Gasteiger partial charge in [0.05, 0.1) is 14.9 Å². The Balaban J connectivity index is 2.22. The maximum absolute atomic E-state index is 13.6. The summed E-state index contributed by atoms with van der Waals surface area (Å²) in [6, 6.07) is 4.97. The van der Waals surface area contributed by atoms with Crippen molar-refractivity contribution >= 4 is 34.3 Å². The molecule has 1 N–H and O–H groups in total. The lowest BCUT2D eigenvalue weighted by molar-refractivity contribution is -0.384. The highest BCUT2D eigenvalue weighted by atomic mass is 35.5. The average Bonchev–Trinajstić information content (AvgIpc) is 2.78. The molecular formula is C12H10ClFN2O2S. The van der Waals surface area contributed by atoms with Crippen LogP contribution in [0.1, 0.15) is 18.5 Å². The highest BCUT2D eigenvalue weighted by molar-refractivity contribution is 7.14. The quantitative estimate of drug-likeness (QED) is 0.662. The number of nitro groups is 1. The SMILES string of the molecule is CC(Nc1cc([N+](=O)[O-])ccc1F)c1csc(Cl)c1. The molecule has 0 aliphatic rings. The standard InChI is InChI=1S/C12H10ClFN2O2S/c1-7(8-4-12(13)19-6-8)15-11-5-9(16(17)18)2-3-10(11)14/h2-7,15H,1H3. The lowest BCUT2D eigenvalue weighted by Crippen LogP contribution is -2.07. The Morgan fingerprint density at radius 1 is 1.47 bits per heavy atom. The average molecular weight is 301 g/mol. The second kappa shape index (κ2) is 5.54. The zero-order valence-electron chi connectivity index (χ0n) is 9.89. The molecule has 1 unspecified atom stereocenters. The number of halogens is 2. The number of hydrogen-bond donors (Lipinski definition) is 1. The van der Waals surface area contributed by atoms with Gasteiger partial charge in [-0.05, 0) is 30.0 Å². The van der Waals surface area contributed by atoms with E-state index in [4.69, 9.17) is 11.6 Å². The van der Waals surface area contributed by atoms with Crippen LogP contribution in [0.3, 0.4) is 0 Å². The van der Waals surface area contributed by atoms with E-state index in [9.17, 15) is 14.5 Å². The van der Waals surface area contributed by atoms with E-state index >= 15 is 0 Å². The van der Waals surface area contributed by atoms with Crippen molar-refractivity contribution in [2.75, 3.05) is 5.32 Å². The lowest BCUT2D eigenvalue weighted by Gasteiger charge is -2.14. The van der Waals surface area contributed by atoms with Crippen LogP contribution in [-0.2, 0) is 0 Å². The predicted octanol–water partition coefficient (Wildman–Crippen LogP) is 4.62. The van der Waals surface area contributed by atoms with Gasteiger partial charge in [-0.25, -0.2) is 4.39 Å². The van der Waals surface area contributed by atoms with Crippen LogP contribution in [0.5, 0.6) is 0 Å². The third kappa shape index (κ3) is 3.21. The van der Waals surface area contributed by atoms with Crippen molar-refractivity contribution in [2.24, 2.45) is 0 Å². The molecule has 1 heterocycles. The number of thiophene rings is 1. The van der Waals surface area contributed by atoms with Crippen molar-refractivity contribution in [3.05, 3.63) is 55.5 Å². The minimum Gasteiger partial charge on any atom is -0.376 e. The number of anilines is 1. The second-order valence-corrected chi connectivity index (χ2v) is 5.51. The van der Waals surface area contributed by atoms with Crippen molar-refractivity contribution < 1.29 is 9.31 Å². The molecule has 0 fully saturated rings.